The maximum atomic E-state index is 11.7. The molecule has 0 spiro atoms. The first-order valence-electron chi connectivity index (χ1n) is 5.68. The normalized spacial score (nSPS) is 29.6. The molecule has 14 heavy (non-hydrogen) atoms. The Labute approximate surface area is 85.6 Å². The number of rotatable bonds is 3. The lowest BCUT2D eigenvalue weighted by Crippen LogP contribution is -2.41. The molecule has 0 aromatic heterocycles. The fourth-order valence-corrected chi connectivity index (χ4v) is 1.91. The maximum absolute atomic E-state index is 11.7. The first-order valence-corrected chi connectivity index (χ1v) is 5.68. The van der Waals surface area contributed by atoms with Gasteiger partial charge in [0.2, 0.25) is 5.91 Å². The number of carbonyl (C=O) groups is 1. The van der Waals surface area contributed by atoms with Crippen molar-refractivity contribution in [3.63, 3.8) is 0 Å². The summed E-state index contributed by atoms with van der Waals surface area (Å²) in [6.45, 7) is 5.05. The van der Waals surface area contributed by atoms with Crippen molar-refractivity contribution in [3.8, 4) is 0 Å². The second kappa shape index (κ2) is 3.89. The van der Waals surface area contributed by atoms with Crippen LogP contribution in [0.4, 0.5) is 0 Å². The summed E-state index contributed by atoms with van der Waals surface area (Å²) in [5, 5.41) is 6.34. The average molecular weight is 196 g/mol. The van der Waals surface area contributed by atoms with E-state index in [9.17, 15) is 4.79 Å². The van der Waals surface area contributed by atoms with Gasteiger partial charge in [-0.3, -0.25) is 4.79 Å². The highest BCUT2D eigenvalue weighted by Gasteiger charge is 2.37. The monoisotopic (exact) mass is 196 g/mol. The van der Waals surface area contributed by atoms with Crippen LogP contribution in [0.15, 0.2) is 0 Å². The molecule has 80 valence electrons. The molecule has 1 amide bonds. The van der Waals surface area contributed by atoms with E-state index >= 15 is 0 Å². The van der Waals surface area contributed by atoms with Crippen molar-refractivity contribution in [2.75, 3.05) is 19.6 Å². The molecule has 1 heterocycles. The molecule has 1 aliphatic carbocycles. The van der Waals surface area contributed by atoms with Crippen molar-refractivity contribution in [2.24, 2.45) is 11.3 Å². The third kappa shape index (κ3) is 2.47. The van der Waals surface area contributed by atoms with Crippen LogP contribution in [0.3, 0.4) is 0 Å². The van der Waals surface area contributed by atoms with Gasteiger partial charge in [-0.15, -0.1) is 0 Å². The number of hydrogen-bond acceptors (Lipinski definition) is 2. The number of piperidine rings is 1. The molecular formula is C11H20N2O. The highest BCUT2D eigenvalue weighted by molar-refractivity contribution is 5.79. The lowest BCUT2D eigenvalue weighted by atomic mass is 9.98. The van der Waals surface area contributed by atoms with E-state index < -0.39 is 0 Å². The minimum absolute atomic E-state index is 0.214. The third-order valence-corrected chi connectivity index (χ3v) is 3.46. The van der Waals surface area contributed by atoms with Gasteiger partial charge >= 0.3 is 0 Å². The van der Waals surface area contributed by atoms with Crippen molar-refractivity contribution < 1.29 is 4.79 Å². The molecule has 2 rings (SSSR count). The Hall–Kier alpha value is -0.570. The summed E-state index contributed by atoms with van der Waals surface area (Å²) >= 11 is 0. The quantitative estimate of drug-likeness (QED) is 0.704. The molecule has 0 aromatic carbocycles. The number of hydrogen-bond donors (Lipinski definition) is 2. The van der Waals surface area contributed by atoms with Gasteiger partial charge in [-0.05, 0) is 37.6 Å². The Morgan fingerprint density at radius 2 is 2.36 bits per heavy atom. The van der Waals surface area contributed by atoms with E-state index in [4.69, 9.17) is 0 Å². The Kier molecular flexibility index (Phi) is 2.77. The number of amides is 1. The Bertz CT molecular complexity index is 217. The highest BCUT2D eigenvalue weighted by atomic mass is 16.1. The first-order chi connectivity index (χ1) is 6.70. The lowest BCUT2D eigenvalue weighted by molar-refractivity contribution is -0.125. The molecule has 3 heteroatoms. The summed E-state index contributed by atoms with van der Waals surface area (Å²) in [7, 11) is 0. The van der Waals surface area contributed by atoms with Crippen LogP contribution in [0, 0.1) is 11.3 Å². The zero-order valence-corrected chi connectivity index (χ0v) is 8.94. The van der Waals surface area contributed by atoms with Gasteiger partial charge in [0, 0.05) is 13.1 Å². The summed E-state index contributed by atoms with van der Waals surface area (Å²) in [5.41, 5.74) is 0.428. The van der Waals surface area contributed by atoms with Crippen LogP contribution in [0.1, 0.15) is 32.6 Å². The van der Waals surface area contributed by atoms with Gasteiger partial charge in [0.05, 0.1) is 5.92 Å². The van der Waals surface area contributed by atoms with E-state index in [0.29, 0.717) is 5.41 Å². The molecule has 2 fully saturated rings. The SMILES string of the molecule is CC1(CNC(=O)[C@H]2CCCNC2)CC1. The summed E-state index contributed by atoms with van der Waals surface area (Å²) in [6.07, 6.45) is 4.73. The topological polar surface area (TPSA) is 41.1 Å². The van der Waals surface area contributed by atoms with Gasteiger partial charge in [0.15, 0.2) is 0 Å². The summed E-state index contributed by atoms with van der Waals surface area (Å²) in [6, 6.07) is 0. The maximum Gasteiger partial charge on any atom is 0.224 e. The number of carbonyl (C=O) groups excluding carboxylic acids is 1. The summed E-state index contributed by atoms with van der Waals surface area (Å²) in [4.78, 5) is 11.7. The van der Waals surface area contributed by atoms with E-state index in [1.807, 2.05) is 0 Å². The van der Waals surface area contributed by atoms with Gasteiger partial charge in [0.1, 0.15) is 0 Å². The zero-order chi connectivity index (χ0) is 10.0. The third-order valence-electron chi connectivity index (χ3n) is 3.46. The summed E-state index contributed by atoms with van der Waals surface area (Å²) < 4.78 is 0. The standard InChI is InChI=1S/C11H20N2O/c1-11(4-5-11)8-13-10(14)9-3-2-6-12-7-9/h9,12H,2-8H2,1H3,(H,13,14)/t9-/m0/s1. The van der Waals surface area contributed by atoms with Gasteiger partial charge in [-0.1, -0.05) is 6.92 Å². The molecule has 0 unspecified atom stereocenters. The van der Waals surface area contributed by atoms with E-state index in [2.05, 4.69) is 17.6 Å². The fourth-order valence-electron chi connectivity index (χ4n) is 1.91. The summed E-state index contributed by atoms with van der Waals surface area (Å²) in [5.74, 6) is 0.469. The van der Waals surface area contributed by atoms with Crippen LogP contribution in [0.2, 0.25) is 0 Å². The van der Waals surface area contributed by atoms with Gasteiger partial charge < -0.3 is 10.6 Å². The predicted octanol–water partition coefficient (Wildman–Crippen LogP) is 0.902. The molecule has 1 aliphatic heterocycles. The van der Waals surface area contributed by atoms with Gasteiger partial charge in [0.25, 0.3) is 0 Å². The number of nitrogens with one attached hydrogen (secondary N) is 2. The second-order valence-corrected chi connectivity index (χ2v) is 5.07. The van der Waals surface area contributed by atoms with Crippen LogP contribution in [0.5, 0.6) is 0 Å². The molecule has 1 atom stereocenters. The fraction of sp³-hybridized carbons (Fsp3) is 0.909. The molecule has 2 N–H and O–H groups in total. The van der Waals surface area contributed by atoms with Crippen molar-refractivity contribution in [2.45, 2.75) is 32.6 Å². The molecule has 0 aromatic rings. The van der Waals surface area contributed by atoms with Gasteiger partial charge in [-0.2, -0.15) is 0 Å². The molecule has 0 radical (unpaired) electrons. The Morgan fingerprint density at radius 1 is 1.57 bits per heavy atom. The van der Waals surface area contributed by atoms with Crippen LogP contribution < -0.4 is 10.6 Å². The molecule has 1 saturated carbocycles. The second-order valence-electron chi connectivity index (χ2n) is 5.07. The largest absolute Gasteiger partial charge is 0.355 e. The van der Waals surface area contributed by atoms with Crippen LogP contribution in [-0.2, 0) is 4.79 Å². The Morgan fingerprint density at radius 3 is 2.93 bits per heavy atom. The van der Waals surface area contributed by atoms with Crippen LogP contribution in [0.25, 0.3) is 0 Å². The van der Waals surface area contributed by atoms with Crippen molar-refractivity contribution in [1.29, 1.82) is 0 Å². The van der Waals surface area contributed by atoms with E-state index in [1.54, 1.807) is 0 Å². The lowest BCUT2D eigenvalue weighted by Gasteiger charge is -2.22. The Balaban J connectivity index is 1.71. The van der Waals surface area contributed by atoms with Crippen molar-refractivity contribution in [3.05, 3.63) is 0 Å². The molecule has 1 saturated heterocycles. The van der Waals surface area contributed by atoms with Crippen molar-refractivity contribution >= 4 is 5.91 Å². The van der Waals surface area contributed by atoms with E-state index in [0.717, 1.165) is 32.5 Å². The predicted molar refractivity (Wildman–Crippen MR) is 55.9 cm³/mol. The van der Waals surface area contributed by atoms with E-state index in [-0.39, 0.29) is 11.8 Å². The first kappa shape index (κ1) is 9.97. The molecule has 0 bridgehead atoms. The minimum atomic E-state index is 0.214. The van der Waals surface area contributed by atoms with Gasteiger partial charge in [-0.25, -0.2) is 0 Å². The molecule has 2 aliphatic rings. The molecule has 3 nitrogen and oxygen atoms in total. The van der Waals surface area contributed by atoms with Crippen LogP contribution >= 0.6 is 0 Å². The smallest absolute Gasteiger partial charge is 0.224 e. The minimum Gasteiger partial charge on any atom is -0.355 e. The van der Waals surface area contributed by atoms with Crippen molar-refractivity contribution in [1.82, 2.24) is 10.6 Å². The van der Waals surface area contributed by atoms with E-state index in [1.165, 1.54) is 12.8 Å². The zero-order valence-electron chi connectivity index (χ0n) is 8.94. The van der Waals surface area contributed by atoms with Crippen LogP contribution in [-0.4, -0.2) is 25.5 Å². The molecular weight excluding hydrogens is 176 g/mol. The highest BCUT2D eigenvalue weighted by Crippen LogP contribution is 2.44. The average Bonchev–Trinajstić information content (AvgIpc) is 2.95.